The zero-order valence-electron chi connectivity index (χ0n) is 16.3. The molecule has 2 aliphatic rings. The van der Waals surface area contributed by atoms with Crippen LogP contribution in [-0.2, 0) is 16.0 Å². The van der Waals surface area contributed by atoms with E-state index in [1.54, 1.807) is 9.80 Å². The van der Waals surface area contributed by atoms with E-state index in [1.165, 1.54) is 11.3 Å². The summed E-state index contributed by atoms with van der Waals surface area (Å²) in [5, 5.41) is 2.78. The minimum absolute atomic E-state index is 0.0664. The van der Waals surface area contributed by atoms with Gasteiger partial charge in [-0.3, -0.25) is 9.69 Å². The van der Waals surface area contributed by atoms with Crippen LogP contribution in [0.4, 0.5) is 4.79 Å². The quantitative estimate of drug-likeness (QED) is 0.774. The Kier molecular flexibility index (Phi) is 6.33. The highest BCUT2D eigenvalue weighted by Crippen LogP contribution is 2.17. The summed E-state index contributed by atoms with van der Waals surface area (Å²) >= 11 is 1.52. The number of amides is 2. The second kappa shape index (κ2) is 8.53. The minimum Gasteiger partial charge on any atom is -0.444 e. The third-order valence-corrected chi connectivity index (χ3v) is 5.29. The maximum atomic E-state index is 12.7. The number of aromatic nitrogens is 1. The number of morpholine rings is 1. The van der Waals surface area contributed by atoms with Crippen molar-refractivity contribution < 1.29 is 19.1 Å². The third-order valence-electron chi connectivity index (χ3n) is 4.45. The van der Waals surface area contributed by atoms with Gasteiger partial charge in [0.2, 0.25) is 0 Å². The van der Waals surface area contributed by atoms with Gasteiger partial charge in [-0.25, -0.2) is 9.78 Å². The summed E-state index contributed by atoms with van der Waals surface area (Å²) in [7, 11) is 0. The zero-order chi connectivity index (χ0) is 19.4. The van der Waals surface area contributed by atoms with Crippen LogP contribution in [0.5, 0.6) is 0 Å². The molecule has 0 unspecified atom stereocenters. The lowest BCUT2D eigenvalue weighted by Crippen LogP contribution is -2.51. The average Bonchev–Trinajstić information content (AvgIpc) is 3.09. The van der Waals surface area contributed by atoms with Crippen molar-refractivity contribution in [2.45, 2.75) is 32.9 Å². The molecule has 0 spiro atoms. The van der Waals surface area contributed by atoms with Crippen molar-refractivity contribution in [2.75, 3.05) is 52.5 Å². The molecule has 1 aromatic heterocycles. The van der Waals surface area contributed by atoms with E-state index in [0.717, 1.165) is 37.9 Å². The lowest BCUT2D eigenvalue weighted by atomic mass is 10.2. The first kappa shape index (κ1) is 20.0. The van der Waals surface area contributed by atoms with Gasteiger partial charge in [0.25, 0.3) is 5.91 Å². The number of hydrogen-bond donors (Lipinski definition) is 0. The van der Waals surface area contributed by atoms with Crippen LogP contribution in [0.25, 0.3) is 0 Å². The molecule has 8 nitrogen and oxygen atoms in total. The molecule has 0 saturated carbocycles. The molecule has 0 aliphatic carbocycles. The molecule has 0 aromatic carbocycles. The minimum atomic E-state index is -0.512. The van der Waals surface area contributed by atoms with E-state index in [0.29, 0.717) is 31.9 Å². The monoisotopic (exact) mass is 396 g/mol. The maximum Gasteiger partial charge on any atom is 0.410 e. The summed E-state index contributed by atoms with van der Waals surface area (Å²) in [5.41, 5.74) is -0.0180. The van der Waals surface area contributed by atoms with Gasteiger partial charge in [0, 0.05) is 44.6 Å². The Bertz CT molecular complexity index is 659. The summed E-state index contributed by atoms with van der Waals surface area (Å²) < 4.78 is 10.7. The van der Waals surface area contributed by atoms with Crippen molar-refractivity contribution in [1.82, 2.24) is 19.7 Å². The fourth-order valence-corrected chi connectivity index (χ4v) is 3.82. The molecule has 0 bridgehead atoms. The van der Waals surface area contributed by atoms with Gasteiger partial charge >= 0.3 is 6.09 Å². The van der Waals surface area contributed by atoms with Gasteiger partial charge in [0.05, 0.1) is 19.8 Å². The summed E-state index contributed by atoms with van der Waals surface area (Å²) in [6.45, 7) is 11.5. The smallest absolute Gasteiger partial charge is 0.410 e. The standard InChI is InChI=1S/C18H28N4O4S/c1-18(2,3)26-17(24)22-6-4-21(5-7-22)16(23)14-13-27-15(19-14)12-20-8-10-25-11-9-20/h13H,4-12H2,1-3H3. The topological polar surface area (TPSA) is 75.2 Å². The van der Waals surface area contributed by atoms with E-state index >= 15 is 0 Å². The molecule has 27 heavy (non-hydrogen) atoms. The van der Waals surface area contributed by atoms with Crippen molar-refractivity contribution in [3.8, 4) is 0 Å². The number of hydrogen-bond acceptors (Lipinski definition) is 7. The van der Waals surface area contributed by atoms with Crippen LogP contribution in [0.1, 0.15) is 36.3 Å². The molecule has 2 amide bonds. The van der Waals surface area contributed by atoms with Gasteiger partial charge in [-0.2, -0.15) is 0 Å². The van der Waals surface area contributed by atoms with Crippen molar-refractivity contribution in [2.24, 2.45) is 0 Å². The van der Waals surface area contributed by atoms with Crippen LogP contribution in [0, 0.1) is 0 Å². The average molecular weight is 397 g/mol. The van der Waals surface area contributed by atoms with Crippen LogP contribution in [-0.4, -0.2) is 89.8 Å². The predicted molar refractivity (Wildman–Crippen MR) is 102 cm³/mol. The molecule has 3 heterocycles. The molecule has 0 atom stereocenters. The first-order valence-corrected chi connectivity index (χ1v) is 10.2. The Morgan fingerprint density at radius 2 is 1.74 bits per heavy atom. The van der Waals surface area contributed by atoms with Crippen molar-refractivity contribution in [3.05, 3.63) is 16.1 Å². The SMILES string of the molecule is CC(C)(C)OC(=O)N1CCN(C(=O)c2csc(CN3CCOCC3)n2)CC1. The number of thiazole rings is 1. The molecular weight excluding hydrogens is 368 g/mol. The van der Waals surface area contributed by atoms with Gasteiger partial charge in [0.1, 0.15) is 16.3 Å². The summed E-state index contributed by atoms with van der Waals surface area (Å²) in [5.74, 6) is -0.0664. The highest BCUT2D eigenvalue weighted by molar-refractivity contribution is 7.09. The van der Waals surface area contributed by atoms with Crippen LogP contribution < -0.4 is 0 Å². The maximum absolute atomic E-state index is 12.7. The number of ether oxygens (including phenoxy) is 2. The second-order valence-electron chi connectivity index (χ2n) is 7.77. The first-order valence-electron chi connectivity index (χ1n) is 9.33. The highest BCUT2D eigenvalue weighted by Gasteiger charge is 2.29. The Morgan fingerprint density at radius 1 is 1.11 bits per heavy atom. The Balaban J connectivity index is 1.50. The second-order valence-corrected chi connectivity index (χ2v) is 8.72. The van der Waals surface area contributed by atoms with E-state index in [-0.39, 0.29) is 12.0 Å². The number of nitrogens with zero attached hydrogens (tertiary/aromatic N) is 4. The molecule has 1 aromatic rings. The van der Waals surface area contributed by atoms with E-state index < -0.39 is 5.60 Å². The van der Waals surface area contributed by atoms with Crippen molar-refractivity contribution >= 4 is 23.3 Å². The summed E-state index contributed by atoms with van der Waals surface area (Å²) in [6, 6.07) is 0. The highest BCUT2D eigenvalue weighted by atomic mass is 32.1. The van der Waals surface area contributed by atoms with E-state index in [4.69, 9.17) is 9.47 Å². The van der Waals surface area contributed by atoms with Crippen LogP contribution in [0.15, 0.2) is 5.38 Å². The number of rotatable bonds is 3. The van der Waals surface area contributed by atoms with Crippen molar-refractivity contribution in [3.63, 3.8) is 0 Å². The summed E-state index contributed by atoms with van der Waals surface area (Å²) in [6.07, 6.45) is -0.323. The lowest BCUT2D eigenvalue weighted by molar-refractivity contribution is 0.0140. The molecular formula is C18H28N4O4S. The summed E-state index contributed by atoms with van der Waals surface area (Å²) in [4.78, 5) is 35.1. The van der Waals surface area contributed by atoms with Gasteiger partial charge in [-0.1, -0.05) is 0 Å². The molecule has 2 aliphatic heterocycles. The van der Waals surface area contributed by atoms with E-state index in [1.807, 2.05) is 26.2 Å². The Labute approximate surface area is 164 Å². The van der Waals surface area contributed by atoms with Crippen LogP contribution in [0.3, 0.4) is 0 Å². The van der Waals surface area contributed by atoms with Gasteiger partial charge in [-0.05, 0) is 20.8 Å². The van der Waals surface area contributed by atoms with Crippen LogP contribution >= 0.6 is 11.3 Å². The molecule has 0 radical (unpaired) electrons. The predicted octanol–water partition coefficient (Wildman–Crippen LogP) is 1.67. The largest absolute Gasteiger partial charge is 0.444 e. The first-order chi connectivity index (χ1) is 12.8. The number of piperazine rings is 1. The number of carbonyl (C=O) groups is 2. The Morgan fingerprint density at radius 3 is 2.37 bits per heavy atom. The van der Waals surface area contributed by atoms with E-state index in [2.05, 4.69) is 9.88 Å². The van der Waals surface area contributed by atoms with Crippen molar-refractivity contribution in [1.29, 1.82) is 0 Å². The molecule has 3 rings (SSSR count). The lowest BCUT2D eigenvalue weighted by Gasteiger charge is -2.35. The molecule has 2 saturated heterocycles. The molecule has 0 N–H and O–H groups in total. The zero-order valence-corrected chi connectivity index (χ0v) is 17.1. The van der Waals surface area contributed by atoms with E-state index in [9.17, 15) is 9.59 Å². The van der Waals surface area contributed by atoms with Gasteiger partial charge < -0.3 is 19.3 Å². The normalized spacial score (nSPS) is 19.2. The van der Waals surface area contributed by atoms with Crippen LogP contribution in [0.2, 0.25) is 0 Å². The number of carbonyl (C=O) groups excluding carboxylic acids is 2. The van der Waals surface area contributed by atoms with Gasteiger partial charge in [0.15, 0.2) is 0 Å². The molecule has 9 heteroatoms. The fraction of sp³-hybridized carbons (Fsp3) is 0.722. The van der Waals surface area contributed by atoms with Gasteiger partial charge in [-0.15, -0.1) is 11.3 Å². The molecule has 2 fully saturated rings. The fourth-order valence-electron chi connectivity index (χ4n) is 3.01. The molecule has 150 valence electrons. The third kappa shape index (κ3) is 5.63. The Hall–Kier alpha value is -1.71.